The van der Waals surface area contributed by atoms with Crippen molar-refractivity contribution < 1.29 is 19.4 Å². The SMILES string of the molecule is Cn1c(C(=O)O)ccc1-c1ccc2c(c1)OCCCO2. The normalized spacial score (nSPS) is 13.8. The van der Waals surface area contributed by atoms with Crippen molar-refractivity contribution >= 4 is 5.97 Å². The zero-order valence-corrected chi connectivity index (χ0v) is 11.1. The fourth-order valence-corrected chi connectivity index (χ4v) is 2.34. The average Bonchev–Trinajstić information content (AvgIpc) is 2.68. The van der Waals surface area contributed by atoms with E-state index in [0.717, 1.165) is 23.4 Å². The summed E-state index contributed by atoms with van der Waals surface area (Å²) in [6, 6.07) is 9.06. The minimum atomic E-state index is -0.937. The Morgan fingerprint density at radius 1 is 1.15 bits per heavy atom. The van der Waals surface area contributed by atoms with E-state index in [0.29, 0.717) is 19.0 Å². The maximum Gasteiger partial charge on any atom is 0.352 e. The highest BCUT2D eigenvalue weighted by Crippen LogP contribution is 2.34. The van der Waals surface area contributed by atoms with Gasteiger partial charge in [-0.25, -0.2) is 4.79 Å². The molecule has 1 aliphatic rings. The van der Waals surface area contributed by atoms with Crippen molar-refractivity contribution in [3.8, 4) is 22.8 Å². The molecule has 1 N–H and O–H groups in total. The molecule has 0 bridgehead atoms. The van der Waals surface area contributed by atoms with Crippen LogP contribution in [-0.4, -0.2) is 28.9 Å². The van der Waals surface area contributed by atoms with E-state index in [2.05, 4.69) is 0 Å². The van der Waals surface area contributed by atoms with Crippen LogP contribution in [0.2, 0.25) is 0 Å². The van der Waals surface area contributed by atoms with Crippen molar-refractivity contribution in [3.05, 3.63) is 36.0 Å². The van der Waals surface area contributed by atoms with Crippen LogP contribution in [0.1, 0.15) is 16.9 Å². The van der Waals surface area contributed by atoms with Crippen molar-refractivity contribution in [2.24, 2.45) is 7.05 Å². The van der Waals surface area contributed by atoms with Gasteiger partial charge in [-0.1, -0.05) is 0 Å². The van der Waals surface area contributed by atoms with E-state index in [9.17, 15) is 4.79 Å². The number of carbonyl (C=O) groups is 1. The van der Waals surface area contributed by atoms with E-state index in [1.165, 1.54) is 0 Å². The predicted octanol–water partition coefficient (Wildman–Crippen LogP) is 2.55. The molecule has 3 rings (SSSR count). The molecule has 0 spiro atoms. The highest BCUT2D eigenvalue weighted by Gasteiger charge is 2.15. The molecular weight excluding hydrogens is 258 g/mol. The topological polar surface area (TPSA) is 60.7 Å². The monoisotopic (exact) mass is 273 g/mol. The molecule has 0 atom stereocenters. The van der Waals surface area contributed by atoms with E-state index in [1.807, 2.05) is 18.2 Å². The molecule has 5 heteroatoms. The summed E-state index contributed by atoms with van der Waals surface area (Å²) in [7, 11) is 1.74. The Morgan fingerprint density at radius 2 is 1.90 bits per heavy atom. The number of ether oxygens (including phenoxy) is 2. The second-order valence-electron chi connectivity index (χ2n) is 4.68. The number of aromatic nitrogens is 1. The van der Waals surface area contributed by atoms with Gasteiger partial charge in [0.2, 0.25) is 0 Å². The van der Waals surface area contributed by atoms with Crippen LogP contribution in [-0.2, 0) is 7.05 Å². The Balaban J connectivity index is 2.03. The van der Waals surface area contributed by atoms with Crippen molar-refractivity contribution in [1.29, 1.82) is 0 Å². The number of fused-ring (bicyclic) bond motifs is 1. The number of rotatable bonds is 2. The maximum atomic E-state index is 11.1. The first-order valence-corrected chi connectivity index (χ1v) is 6.46. The summed E-state index contributed by atoms with van der Waals surface area (Å²) in [5.74, 6) is 0.505. The standard InChI is InChI=1S/C15H15NO4/c1-16-11(4-5-12(16)15(17)18)10-3-6-13-14(9-10)20-8-2-7-19-13/h3-6,9H,2,7-8H2,1H3,(H,17,18). The van der Waals surface area contributed by atoms with Gasteiger partial charge in [0, 0.05) is 24.7 Å². The van der Waals surface area contributed by atoms with Gasteiger partial charge in [-0.2, -0.15) is 0 Å². The minimum absolute atomic E-state index is 0.257. The number of carboxylic acid groups (broad SMARTS) is 1. The van der Waals surface area contributed by atoms with Crippen LogP contribution >= 0.6 is 0 Å². The molecule has 0 aliphatic carbocycles. The largest absolute Gasteiger partial charge is 0.490 e. The van der Waals surface area contributed by atoms with Crippen LogP contribution < -0.4 is 9.47 Å². The van der Waals surface area contributed by atoms with Gasteiger partial charge < -0.3 is 19.1 Å². The van der Waals surface area contributed by atoms with E-state index >= 15 is 0 Å². The van der Waals surface area contributed by atoms with Crippen molar-refractivity contribution in [2.45, 2.75) is 6.42 Å². The molecule has 0 fully saturated rings. The molecule has 1 aromatic heterocycles. The van der Waals surface area contributed by atoms with Gasteiger partial charge in [0.1, 0.15) is 5.69 Å². The third kappa shape index (κ3) is 2.11. The van der Waals surface area contributed by atoms with Crippen molar-refractivity contribution in [2.75, 3.05) is 13.2 Å². The summed E-state index contributed by atoms with van der Waals surface area (Å²) in [6.07, 6.45) is 0.858. The molecule has 20 heavy (non-hydrogen) atoms. The van der Waals surface area contributed by atoms with Gasteiger partial charge in [0.25, 0.3) is 0 Å². The summed E-state index contributed by atoms with van der Waals surface area (Å²) in [5.41, 5.74) is 1.99. The van der Waals surface area contributed by atoms with Crippen LogP contribution in [0.3, 0.4) is 0 Å². The van der Waals surface area contributed by atoms with Crippen LogP contribution in [0.4, 0.5) is 0 Å². The molecule has 5 nitrogen and oxygen atoms in total. The Morgan fingerprint density at radius 3 is 2.60 bits per heavy atom. The molecule has 0 saturated heterocycles. The number of aromatic carboxylic acids is 1. The molecule has 104 valence electrons. The Bertz CT molecular complexity index is 660. The van der Waals surface area contributed by atoms with Crippen molar-refractivity contribution in [3.63, 3.8) is 0 Å². The van der Waals surface area contributed by atoms with Gasteiger partial charge in [-0.05, 0) is 30.3 Å². The number of benzene rings is 1. The van der Waals surface area contributed by atoms with E-state index in [-0.39, 0.29) is 5.69 Å². The summed E-state index contributed by atoms with van der Waals surface area (Å²) in [5, 5.41) is 9.09. The summed E-state index contributed by atoms with van der Waals surface area (Å²) in [6.45, 7) is 1.28. The van der Waals surface area contributed by atoms with Gasteiger partial charge in [-0.3, -0.25) is 0 Å². The lowest BCUT2D eigenvalue weighted by Gasteiger charge is -2.10. The Labute approximate surface area is 116 Å². The molecule has 2 aromatic rings. The molecule has 1 aliphatic heterocycles. The first kappa shape index (κ1) is 12.6. The Kier molecular flexibility index (Phi) is 3.10. The molecule has 0 unspecified atom stereocenters. The molecule has 0 radical (unpaired) electrons. The van der Waals surface area contributed by atoms with E-state index < -0.39 is 5.97 Å². The number of nitrogens with zero attached hydrogens (tertiary/aromatic N) is 1. The third-order valence-electron chi connectivity index (χ3n) is 3.38. The number of carboxylic acids is 1. The lowest BCUT2D eigenvalue weighted by Crippen LogP contribution is -2.05. The number of hydrogen-bond donors (Lipinski definition) is 1. The molecule has 0 amide bonds. The third-order valence-corrected chi connectivity index (χ3v) is 3.38. The van der Waals surface area contributed by atoms with Gasteiger partial charge in [-0.15, -0.1) is 0 Å². The van der Waals surface area contributed by atoms with Gasteiger partial charge in [0.15, 0.2) is 11.5 Å². The van der Waals surface area contributed by atoms with Crippen molar-refractivity contribution in [1.82, 2.24) is 4.57 Å². The summed E-state index contributed by atoms with van der Waals surface area (Å²) < 4.78 is 12.9. The summed E-state index contributed by atoms with van der Waals surface area (Å²) >= 11 is 0. The van der Waals surface area contributed by atoms with Crippen LogP contribution in [0.5, 0.6) is 11.5 Å². The smallest absolute Gasteiger partial charge is 0.352 e. The zero-order chi connectivity index (χ0) is 14.1. The molecule has 2 heterocycles. The first-order valence-electron chi connectivity index (χ1n) is 6.46. The van der Waals surface area contributed by atoms with Gasteiger partial charge >= 0.3 is 5.97 Å². The number of hydrogen-bond acceptors (Lipinski definition) is 3. The van der Waals surface area contributed by atoms with Crippen LogP contribution in [0, 0.1) is 0 Å². The second kappa shape index (κ2) is 4.92. The maximum absolute atomic E-state index is 11.1. The summed E-state index contributed by atoms with van der Waals surface area (Å²) in [4.78, 5) is 11.1. The Hall–Kier alpha value is -2.43. The van der Waals surface area contributed by atoms with Gasteiger partial charge in [0.05, 0.1) is 13.2 Å². The highest BCUT2D eigenvalue weighted by atomic mass is 16.5. The lowest BCUT2D eigenvalue weighted by atomic mass is 10.1. The molecule has 1 aromatic carbocycles. The van der Waals surface area contributed by atoms with Crippen LogP contribution in [0.15, 0.2) is 30.3 Å². The fraction of sp³-hybridized carbons (Fsp3) is 0.267. The molecular formula is C15H15NO4. The fourth-order valence-electron chi connectivity index (χ4n) is 2.34. The highest BCUT2D eigenvalue weighted by molar-refractivity contribution is 5.87. The zero-order valence-electron chi connectivity index (χ0n) is 11.1. The molecule has 0 saturated carbocycles. The lowest BCUT2D eigenvalue weighted by molar-refractivity contribution is 0.0687. The first-order chi connectivity index (χ1) is 9.66. The van der Waals surface area contributed by atoms with E-state index in [1.54, 1.807) is 23.7 Å². The van der Waals surface area contributed by atoms with Crippen LogP contribution in [0.25, 0.3) is 11.3 Å². The second-order valence-corrected chi connectivity index (χ2v) is 4.68. The predicted molar refractivity (Wildman–Crippen MR) is 73.4 cm³/mol. The minimum Gasteiger partial charge on any atom is -0.490 e. The van der Waals surface area contributed by atoms with E-state index in [4.69, 9.17) is 14.6 Å². The quantitative estimate of drug-likeness (QED) is 0.913. The average molecular weight is 273 g/mol.